The van der Waals surface area contributed by atoms with Gasteiger partial charge >= 0.3 is 0 Å². The molecular weight excluding hydrogens is 214 g/mol. The van der Waals surface area contributed by atoms with Crippen molar-refractivity contribution in [2.75, 3.05) is 19.5 Å². The summed E-state index contributed by atoms with van der Waals surface area (Å²) in [5, 5.41) is 0. The van der Waals surface area contributed by atoms with Crippen molar-refractivity contribution in [2.45, 2.75) is 32.3 Å². The third-order valence-corrected chi connectivity index (χ3v) is 3.39. The highest BCUT2D eigenvalue weighted by atomic mass is 16.5. The topological polar surface area (TPSA) is 44.5 Å². The molecule has 1 aliphatic rings. The van der Waals surface area contributed by atoms with Gasteiger partial charge in [-0.3, -0.25) is 0 Å². The van der Waals surface area contributed by atoms with Crippen molar-refractivity contribution in [3.63, 3.8) is 0 Å². The summed E-state index contributed by atoms with van der Waals surface area (Å²) >= 11 is 0. The third kappa shape index (κ3) is 3.63. The molecule has 0 amide bonds. The fourth-order valence-corrected chi connectivity index (χ4v) is 2.11. The minimum atomic E-state index is 0.619. The second-order valence-corrected chi connectivity index (χ2v) is 4.75. The summed E-state index contributed by atoms with van der Waals surface area (Å²) in [5.41, 5.74) is 7.59. The molecule has 1 fully saturated rings. The SMILES string of the molecule is COc1cc(N)cc(COCCC2CCC2)c1. The molecule has 94 valence electrons. The van der Waals surface area contributed by atoms with Crippen LogP contribution >= 0.6 is 0 Å². The molecule has 3 heteroatoms. The summed E-state index contributed by atoms with van der Waals surface area (Å²) < 4.78 is 10.8. The van der Waals surface area contributed by atoms with E-state index >= 15 is 0 Å². The molecule has 2 rings (SSSR count). The van der Waals surface area contributed by atoms with Gasteiger partial charge in [0.25, 0.3) is 0 Å². The Morgan fingerprint density at radius 2 is 2.12 bits per heavy atom. The molecule has 0 radical (unpaired) electrons. The highest BCUT2D eigenvalue weighted by Crippen LogP contribution is 2.29. The van der Waals surface area contributed by atoms with Crippen LogP contribution in [0.4, 0.5) is 5.69 Å². The molecule has 0 unspecified atom stereocenters. The maximum absolute atomic E-state index is 5.78. The number of methoxy groups -OCH3 is 1. The van der Waals surface area contributed by atoms with E-state index < -0.39 is 0 Å². The standard InChI is InChI=1S/C14H21NO2/c1-16-14-8-12(7-13(15)9-14)10-17-6-5-11-3-2-4-11/h7-9,11H,2-6,10,15H2,1H3. The predicted octanol–water partition coefficient (Wildman–Crippen LogP) is 2.98. The van der Waals surface area contributed by atoms with Gasteiger partial charge in [-0.05, 0) is 30.0 Å². The van der Waals surface area contributed by atoms with Crippen molar-refractivity contribution in [3.8, 4) is 5.75 Å². The molecule has 1 aliphatic carbocycles. The normalized spacial score (nSPS) is 15.6. The van der Waals surface area contributed by atoms with Gasteiger partial charge in [-0.15, -0.1) is 0 Å². The molecule has 0 bridgehead atoms. The van der Waals surface area contributed by atoms with Crippen LogP contribution in [0.2, 0.25) is 0 Å². The Kier molecular flexibility index (Phi) is 4.26. The smallest absolute Gasteiger partial charge is 0.121 e. The molecule has 3 nitrogen and oxygen atoms in total. The fraction of sp³-hybridized carbons (Fsp3) is 0.571. The highest BCUT2D eigenvalue weighted by Gasteiger charge is 2.16. The van der Waals surface area contributed by atoms with Crippen LogP contribution in [-0.2, 0) is 11.3 Å². The molecular formula is C14H21NO2. The van der Waals surface area contributed by atoms with Crippen LogP contribution in [0.3, 0.4) is 0 Å². The van der Waals surface area contributed by atoms with Gasteiger partial charge in [0.1, 0.15) is 5.75 Å². The van der Waals surface area contributed by atoms with E-state index in [1.54, 1.807) is 7.11 Å². The Labute approximate surface area is 103 Å². The summed E-state index contributed by atoms with van der Waals surface area (Å²) in [4.78, 5) is 0. The summed E-state index contributed by atoms with van der Waals surface area (Å²) in [7, 11) is 1.65. The van der Waals surface area contributed by atoms with Gasteiger partial charge in [-0.1, -0.05) is 19.3 Å². The van der Waals surface area contributed by atoms with Crippen molar-refractivity contribution >= 4 is 5.69 Å². The number of benzene rings is 1. The minimum Gasteiger partial charge on any atom is -0.497 e. The lowest BCUT2D eigenvalue weighted by Crippen LogP contribution is -2.13. The van der Waals surface area contributed by atoms with Crippen molar-refractivity contribution in [3.05, 3.63) is 23.8 Å². The van der Waals surface area contributed by atoms with E-state index in [1.165, 1.54) is 25.7 Å². The summed E-state index contributed by atoms with van der Waals surface area (Å²) in [6.45, 7) is 1.47. The summed E-state index contributed by atoms with van der Waals surface area (Å²) in [5.74, 6) is 1.70. The van der Waals surface area contributed by atoms with Crippen molar-refractivity contribution in [1.82, 2.24) is 0 Å². The third-order valence-electron chi connectivity index (χ3n) is 3.39. The van der Waals surface area contributed by atoms with E-state index in [1.807, 2.05) is 18.2 Å². The monoisotopic (exact) mass is 235 g/mol. The second kappa shape index (κ2) is 5.92. The number of hydrogen-bond acceptors (Lipinski definition) is 3. The first kappa shape index (κ1) is 12.2. The molecule has 0 heterocycles. The quantitative estimate of drug-likeness (QED) is 0.609. The Morgan fingerprint density at radius 1 is 1.29 bits per heavy atom. The van der Waals surface area contributed by atoms with Gasteiger partial charge in [0.15, 0.2) is 0 Å². The van der Waals surface area contributed by atoms with Gasteiger partial charge < -0.3 is 15.2 Å². The fourth-order valence-electron chi connectivity index (χ4n) is 2.11. The van der Waals surface area contributed by atoms with E-state index in [2.05, 4.69) is 0 Å². The average molecular weight is 235 g/mol. The van der Waals surface area contributed by atoms with E-state index in [9.17, 15) is 0 Å². The maximum Gasteiger partial charge on any atom is 0.121 e. The van der Waals surface area contributed by atoms with E-state index in [0.717, 1.165) is 29.5 Å². The zero-order chi connectivity index (χ0) is 12.1. The first-order chi connectivity index (χ1) is 8.28. The average Bonchev–Trinajstić information content (AvgIpc) is 2.25. The van der Waals surface area contributed by atoms with Gasteiger partial charge in [-0.2, -0.15) is 0 Å². The lowest BCUT2D eigenvalue weighted by molar-refractivity contribution is 0.0949. The van der Waals surface area contributed by atoms with Crippen LogP contribution in [0.25, 0.3) is 0 Å². The van der Waals surface area contributed by atoms with Crippen LogP contribution in [0.15, 0.2) is 18.2 Å². The Morgan fingerprint density at radius 3 is 2.76 bits per heavy atom. The first-order valence-electron chi connectivity index (χ1n) is 6.29. The van der Waals surface area contributed by atoms with Crippen molar-refractivity contribution in [2.24, 2.45) is 5.92 Å². The molecule has 17 heavy (non-hydrogen) atoms. The van der Waals surface area contributed by atoms with Crippen molar-refractivity contribution in [1.29, 1.82) is 0 Å². The minimum absolute atomic E-state index is 0.619. The largest absolute Gasteiger partial charge is 0.497 e. The lowest BCUT2D eigenvalue weighted by atomic mass is 9.83. The second-order valence-electron chi connectivity index (χ2n) is 4.75. The number of ether oxygens (including phenoxy) is 2. The molecule has 0 aliphatic heterocycles. The van der Waals surface area contributed by atoms with E-state index in [0.29, 0.717) is 6.61 Å². The van der Waals surface area contributed by atoms with Gasteiger partial charge in [0.05, 0.1) is 13.7 Å². The van der Waals surface area contributed by atoms with Gasteiger partial charge in [0.2, 0.25) is 0 Å². The summed E-state index contributed by atoms with van der Waals surface area (Å²) in [6.07, 6.45) is 5.36. The molecule has 2 N–H and O–H groups in total. The van der Waals surface area contributed by atoms with Gasteiger partial charge in [-0.25, -0.2) is 0 Å². The lowest BCUT2D eigenvalue weighted by Gasteiger charge is -2.24. The molecule has 0 atom stereocenters. The van der Waals surface area contributed by atoms with Crippen LogP contribution in [-0.4, -0.2) is 13.7 Å². The highest BCUT2D eigenvalue weighted by molar-refractivity contribution is 5.47. The zero-order valence-electron chi connectivity index (χ0n) is 10.4. The van der Waals surface area contributed by atoms with Crippen LogP contribution in [0.5, 0.6) is 5.75 Å². The molecule has 0 saturated heterocycles. The number of hydrogen-bond donors (Lipinski definition) is 1. The number of anilines is 1. The first-order valence-corrected chi connectivity index (χ1v) is 6.29. The molecule has 1 saturated carbocycles. The predicted molar refractivity (Wildman–Crippen MR) is 69.0 cm³/mol. The van der Waals surface area contributed by atoms with Gasteiger partial charge in [0, 0.05) is 18.4 Å². The van der Waals surface area contributed by atoms with Crippen LogP contribution in [0.1, 0.15) is 31.2 Å². The Bertz CT molecular complexity index is 361. The molecule has 1 aromatic carbocycles. The van der Waals surface area contributed by atoms with Crippen LogP contribution in [0, 0.1) is 5.92 Å². The molecule has 0 aromatic heterocycles. The Hall–Kier alpha value is -1.22. The van der Waals surface area contributed by atoms with E-state index in [4.69, 9.17) is 15.2 Å². The zero-order valence-corrected chi connectivity index (χ0v) is 10.4. The number of nitrogen functional groups attached to an aromatic ring is 1. The van der Waals surface area contributed by atoms with E-state index in [-0.39, 0.29) is 0 Å². The number of rotatable bonds is 6. The van der Waals surface area contributed by atoms with Crippen LogP contribution < -0.4 is 10.5 Å². The van der Waals surface area contributed by atoms with Crippen molar-refractivity contribution < 1.29 is 9.47 Å². The summed E-state index contributed by atoms with van der Waals surface area (Å²) in [6, 6.07) is 5.73. The molecule has 0 spiro atoms. The Balaban J connectivity index is 1.75. The molecule has 1 aromatic rings. The maximum atomic E-state index is 5.78. The number of nitrogens with two attached hydrogens (primary N) is 1.